The molecule has 9 heteroatoms. The number of pyridine rings is 1. The van der Waals surface area contributed by atoms with Crippen molar-refractivity contribution in [2.45, 2.75) is 6.42 Å². The second-order valence-electron chi connectivity index (χ2n) is 6.89. The molecule has 1 aromatic rings. The number of hydrogen-bond acceptors (Lipinski definition) is 5. The molecule has 0 saturated carbocycles. The lowest BCUT2D eigenvalue weighted by Crippen LogP contribution is -2.53. The topological polar surface area (TPSA) is 77.9 Å². The SMILES string of the molecule is C=CCNC(=NCC1CCS(=O)(=O)C1)N1CCN(c2ncccc2F)CC1. The Labute approximate surface area is 159 Å². The molecule has 3 heterocycles. The molecule has 0 aromatic carbocycles. The monoisotopic (exact) mass is 395 g/mol. The van der Waals surface area contributed by atoms with E-state index in [4.69, 9.17) is 0 Å². The molecule has 1 aromatic heterocycles. The van der Waals surface area contributed by atoms with Crippen molar-refractivity contribution in [3.8, 4) is 0 Å². The van der Waals surface area contributed by atoms with Crippen molar-refractivity contribution in [3.05, 3.63) is 36.8 Å². The maximum absolute atomic E-state index is 13.9. The van der Waals surface area contributed by atoms with Crippen LogP contribution < -0.4 is 10.2 Å². The van der Waals surface area contributed by atoms with Gasteiger partial charge in [0, 0.05) is 45.5 Å². The Morgan fingerprint density at radius 1 is 1.41 bits per heavy atom. The van der Waals surface area contributed by atoms with Crippen molar-refractivity contribution in [2.24, 2.45) is 10.9 Å². The Kier molecular flexibility index (Phi) is 6.30. The highest BCUT2D eigenvalue weighted by atomic mass is 32.2. The summed E-state index contributed by atoms with van der Waals surface area (Å²) < 4.78 is 37.2. The van der Waals surface area contributed by atoms with Crippen molar-refractivity contribution in [1.29, 1.82) is 0 Å². The highest BCUT2D eigenvalue weighted by molar-refractivity contribution is 7.91. The maximum Gasteiger partial charge on any atom is 0.194 e. The molecule has 0 amide bonds. The minimum Gasteiger partial charge on any atom is -0.353 e. The Balaban J connectivity index is 1.61. The third kappa shape index (κ3) is 5.18. The fourth-order valence-electron chi connectivity index (χ4n) is 3.40. The van der Waals surface area contributed by atoms with Crippen LogP contribution >= 0.6 is 0 Å². The molecule has 1 atom stereocenters. The van der Waals surface area contributed by atoms with E-state index in [0.717, 1.165) is 5.96 Å². The van der Waals surface area contributed by atoms with Gasteiger partial charge in [0.15, 0.2) is 27.4 Å². The molecule has 2 saturated heterocycles. The van der Waals surface area contributed by atoms with Gasteiger partial charge in [-0.25, -0.2) is 17.8 Å². The molecule has 3 rings (SSSR count). The number of anilines is 1. The molecule has 1 N–H and O–H groups in total. The van der Waals surface area contributed by atoms with Gasteiger partial charge in [-0.1, -0.05) is 6.08 Å². The molecule has 1 unspecified atom stereocenters. The van der Waals surface area contributed by atoms with Crippen molar-refractivity contribution < 1.29 is 12.8 Å². The summed E-state index contributed by atoms with van der Waals surface area (Å²) in [5.41, 5.74) is 0. The summed E-state index contributed by atoms with van der Waals surface area (Å²) >= 11 is 0. The van der Waals surface area contributed by atoms with Crippen LogP contribution in [0.25, 0.3) is 0 Å². The number of guanidine groups is 1. The lowest BCUT2D eigenvalue weighted by molar-refractivity contribution is 0.369. The average Bonchev–Trinajstić information content (AvgIpc) is 3.01. The zero-order valence-electron chi connectivity index (χ0n) is 15.3. The third-order valence-electron chi connectivity index (χ3n) is 4.85. The zero-order chi connectivity index (χ0) is 19.3. The standard InChI is InChI=1S/C18H26FN5O2S/c1-2-6-21-18(22-13-15-5-12-27(25,26)14-15)24-10-8-23(9-11-24)17-16(19)4-3-7-20-17/h2-4,7,15H,1,5-6,8-14H2,(H,21,22). The summed E-state index contributed by atoms with van der Waals surface area (Å²) in [6.07, 6.45) is 4.03. The predicted octanol–water partition coefficient (Wildman–Crippen LogP) is 0.909. The number of piperazine rings is 1. The first kappa shape index (κ1) is 19.6. The quantitative estimate of drug-likeness (QED) is 0.454. The first-order valence-electron chi connectivity index (χ1n) is 9.18. The van der Waals surface area contributed by atoms with Crippen LogP contribution in [0, 0.1) is 11.7 Å². The smallest absolute Gasteiger partial charge is 0.194 e. The number of nitrogens with zero attached hydrogens (tertiary/aromatic N) is 4. The Morgan fingerprint density at radius 3 is 2.81 bits per heavy atom. The molecule has 2 fully saturated rings. The van der Waals surface area contributed by atoms with Gasteiger partial charge < -0.3 is 15.1 Å². The number of aliphatic imine (C=N–C) groups is 1. The maximum atomic E-state index is 13.9. The van der Waals surface area contributed by atoms with Crippen LogP contribution in [0.3, 0.4) is 0 Å². The summed E-state index contributed by atoms with van der Waals surface area (Å²) in [6, 6.07) is 3.01. The van der Waals surface area contributed by atoms with Crippen molar-refractivity contribution in [3.63, 3.8) is 0 Å². The van der Waals surface area contributed by atoms with Crippen LogP contribution in [0.5, 0.6) is 0 Å². The minimum atomic E-state index is -2.90. The van der Waals surface area contributed by atoms with E-state index >= 15 is 0 Å². The summed E-state index contributed by atoms with van der Waals surface area (Å²) in [5.74, 6) is 1.38. The van der Waals surface area contributed by atoms with Crippen LogP contribution in [0.15, 0.2) is 36.0 Å². The van der Waals surface area contributed by atoms with E-state index < -0.39 is 9.84 Å². The van der Waals surface area contributed by atoms with E-state index in [-0.39, 0.29) is 23.2 Å². The molecule has 0 spiro atoms. The van der Waals surface area contributed by atoms with E-state index in [1.165, 1.54) is 6.07 Å². The molecule has 0 aliphatic carbocycles. The number of aromatic nitrogens is 1. The Hall–Kier alpha value is -2.16. The molecule has 0 bridgehead atoms. The van der Waals surface area contributed by atoms with Crippen molar-refractivity contribution in [1.82, 2.24) is 15.2 Å². The van der Waals surface area contributed by atoms with Crippen LogP contribution in [0.4, 0.5) is 10.2 Å². The highest BCUT2D eigenvalue weighted by Crippen LogP contribution is 2.19. The van der Waals surface area contributed by atoms with Crippen LogP contribution in [0.1, 0.15) is 6.42 Å². The van der Waals surface area contributed by atoms with Crippen LogP contribution in [0.2, 0.25) is 0 Å². The van der Waals surface area contributed by atoms with Crippen LogP contribution in [-0.2, 0) is 9.84 Å². The second-order valence-corrected chi connectivity index (χ2v) is 9.11. The Bertz CT molecular complexity index is 791. The van der Waals surface area contributed by atoms with Gasteiger partial charge in [-0.05, 0) is 24.5 Å². The average molecular weight is 396 g/mol. The lowest BCUT2D eigenvalue weighted by atomic mass is 10.1. The molecule has 7 nitrogen and oxygen atoms in total. The van der Waals surface area contributed by atoms with Gasteiger partial charge in [-0.15, -0.1) is 6.58 Å². The summed E-state index contributed by atoms with van der Waals surface area (Å²) in [7, 11) is -2.90. The van der Waals surface area contributed by atoms with E-state index in [1.54, 1.807) is 18.3 Å². The fourth-order valence-corrected chi connectivity index (χ4v) is 5.25. The Morgan fingerprint density at radius 2 is 2.19 bits per heavy atom. The first-order chi connectivity index (χ1) is 13.0. The molecule has 2 aliphatic rings. The van der Waals surface area contributed by atoms with Gasteiger partial charge in [-0.2, -0.15) is 0 Å². The van der Waals surface area contributed by atoms with Gasteiger partial charge in [0.05, 0.1) is 11.5 Å². The van der Waals surface area contributed by atoms with E-state index in [0.29, 0.717) is 51.5 Å². The largest absolute Gasteiger partial charge is 0.353 e. The van der Waals surface area contributed by atoms with Gasteiger partial charge in [0.25, 0.3) is 0 Å². The molecule has 148 valence electrons. The molecule has 27 heavy (non-hydrogen) atoms. The number of rotatable bonds is 5. The van der Waals surface area contributed by atoms with Crippen molar-refractivity contribution in [2.75, 3.05) is 55.7 Å². The van der Waals surface area contributed by atoms with E-state index in [2.05, 4.69) is 26.8 Å². The van der Waals surface area contributed by atoms with Gasteiger partial charge in [0.2, 0.25) is 0 Å². The van der Waals surface area contributed by atoms with Gasteiger partial charge >= 0.3 is 0 Å². The summed E-state index contributed by atoms with van der Waals surface area (Å²) in [5, 5.41) is 3.25. The lowest BCUT2D eigenvalue weighted by Gasteiger charge is -2.37. The van der Waals surface area contributed by atoms with Crippen molar-refractivity contribution >= 4 is 21.6 Å². The van der Waals surface area contributed by atoms with E-state index in [9.17, 15) is 12.8 Å². The van der Waals surface area contributed by atoms with Gasteiger partial charge in [0.1, 0.15) is 0 Å². The molecule has 0 radical (unpaired) electrons. The molecular formula is C18H26FN5O2S. The minimum absolute atomic E-state index is 0.0828. The van der Waals surface area contributed by atoms with Gasteiger partial charge in [-0.3, -0.25) is 4.99 Å². The van der Waals surface area contributed by atoms with Crippen LogP contribution in [-0.4, -0.2) is 75.0 Å². The van der Waals surface area contributed by atoms with E-state index in [1.807, 2.05) is 4.90 Å². The summed E-state index contributed by atoms with van der Waals surface area (Å²) in [6.45, 7) is 7.44. The zero-order valence-corrected chi connectivity index (χ0v) is 16.2. The second kappa shape index (κ2) is 8.69. The number of nitrogens with one attached hydrogen (secondary N) is 1. The first-order valence-corrected chi connectivity index (χ1v) is 11.0. The third-order valence-corrected chi connectivity index (χ3v) is 6.69. The fraction of sp³-hybridized carbons (Fsp3) is 0.556. The predicted molar refractivity (Wildman–Crippen MR) is 105 cm³/mol. The highest BCUT2D eigenvalue weighted by Gasteiger charge is 2.28. The number of halogens is 1. The number of sulfone groups is 1. The normalized spacial score (nSPS) is 22.7. The number of hydrogen-bond donors (Lipinski definition) is 1. The molecule has 2 aliphatic heterocycles. The summed E-state index contributed by atoms with van der Waals surface area (Å²) in [4.78, 5) is 12.8. The molecular weight excluding hydrogens is 369 g/mol.